The molecule has 106 valence electrons. The maximum absolute atomic E-state index is 14.2. The molecule has 0 heterocycles. The van der Waals surface area contributed by atoms with Crippen LogP contribution in [0.3, 0.4) is 0 Å². The predicted octanol–water partition coefficient (Wildman–Crippen LogP) is 4.38. The lowest BCUT2D eigenvalue weighted by Gasteiger charge is -2.19. The first-order valence-corrected chi connectivity index (χ1v) is 7.47. The van der Waals surface area contributed by atoms with Gasteiger partial charge in [0, 0.05) is 15.2 Å². The molecule has 0 aliphatic rings. The van der Waals surface area contributed by atoms with E-state index in [0.717, 1.165) is 9.13 Å². The summed E-state index contributed by atoms with van der Waals surface area (Å²) < 4.78 is 29.3. The third kappa shape index (κ3) is 3.35. The van der Waals surface area contributed by atoms with Crippen molar-refractivity contribution < 1.29 is 8.78 Å². The number of likely N-dealkylation sites (N-methyl/N-ethyl adjacent to an activating group) is 1. The number of nitrogens with one attached hydrogen (secondary N) is 1. The van der Waals surface area contributed by atoms with E-state index >= 15 is 0 Å². The normalized spacial score (nSPS) is 12.4. The van der Waals surface area contributed by atoms with Gasteiger partial charge in [-0.15, -0.1) is 0 Å². The smallest absolute Gasteiger partial charge is 0.133 e. The van der Waals surface area contributed by atoms with Gasteiger partial charge < -0.3 is 5.32 Å². The molecule has 0 saturated heterocycles. The van der Waals surface area contributed by atoms with Gasteiger partial charge in [0.25, 0.3) is 0 Å². The Morgan fingerprint density at radius 2 is 1.75 bits per heavy atom. The zero-order valence-corrected chi connectivity index (χ0v) is 13.5. The van der Waals surface area contributed by atoms with Crippen LogP contribution < -0.4 is 5.32 Å². The van der Waals surface area contributed by atoms with Crippen LogP contribution >= 0.6 is 22.6 Å². The Kier molecular flexibility index (Phi) is 5.10. The lowest BCUT2D eigenvalue weighted by atomic mass is 9.96. The number of hydrogen-bond acceptors (Lipinski definition) is 1. The minimum absolute atomic E-state index is 0.117. The molecule has 0 amide bonds. The summed E-state index contributed by atoms with van der Waals surface area (Å²) >= 11 is 2.23. The number of rotatable bonds is 4. The summed E-state index contributed by atoms with van der Waals surface area (Å²) in [7, 11) is 1.72. The summed E-state index contributed by atoms with van der Waals surface area (Å²) in [5.74, 6) is -0.965. The van der Waals surface area contributed by atoms with Crippen LogP contribution in [0.2, 0.25) is 0 Å². The molecule has 2 aromatic carbocycles. The Bertz CT molecular complexity index is 596. The van der Waals surface area contributed by atoms with Gasteiger partial charge in [0.15, 0.2) is 0 Å². The van der Waals surface area contributed by atoms with Gasteiger partial charge >= 0.3 is 0 Å². The fourth-order valence-corrected chi connectivity index (χ4v) is 2.56. The standard InChI is InChI=1S/C16H16F2IN/c1-10-3-8-13(17)15(16(10)18)14(20-2)9-11-4-6-12(19)7-5-11/h3-8,14,20H,9H2,1-2H3. The van der Waals surface area contributed by atoms with Crippen LogP contribution in [-0.2, 0) is 6.42 Å². The van der Waals surface area contributed by atoms with Crippen LogP contribution in [0.15, 0.2) is 36.4 Å². The highest BCUT2D eigenvalue weighted by molar-refractivity contribution is 14.1. The lowest BCUT2D eigenvalue weighted by molar-refractivity contribution is 0.486. The SMILES string of the molecule is CNC(Cc1ccc(I)cc1)c1c(F)ccc(C)c1F. The van der Waals surface area contributed by atoms with Gasteiger partial charge in [-0.1, -0.05) is 18.2 Å². The van der Waals surface area contributed by atoms with Gasteiger partial charge in [-0.25, -0.2) is 8.78 Å². The average Bonchev–Trinajstić information content (AvgIpc) is 2.44. The predicted molar refractivity (Wildman–Crippen MR) is 85.8 cm³/mol. The number of benzene rings is 2. The van der Waals surface area contributed by atoms with Crippen molar-refractivity contribution in [3.8, 4) is 0 Å². The Balaban J connectivity index is 2.33. The zero-order valence-electron chi connectivity index (χ0n) is 11.4. The van der Waals surface area contributed by atoms with Crippen LogP contribution in [0.5, 0.6) is 0 Å². The first-order valence-electron chi connectivity index (χ1n) is 6.39. The molecule has 0 fully saturated rings. The molecular weight excluding hydrogens is 371 g/mol. The highest BCUT2D eigenvalue weighted by Gasteiger charge is 2.20. The minimum Gasteiger partial charge on any atom is -0.313 e. The zero-order chi connectivity index (χ0) is 14.7. The number of halogens is 3. The van der Waals surface area contributed by atoms with E-state index in [0.29, 0.717) is 12.0 Å². The third-order valence-corrected chi connectivity index (χ3v) is 4.09. The second kappa shape index (κ2) is 6.63. The van der Waals surface area contributed by atoms with E-state index in [9.17, 15) is 8.78 Å². The Labute approximate surface area is 131 Å². The van der Waals surface area contributed by atoms with Crippen molar-refractivity contribution in [1.82, 2.24) is 5.32 Å². The van der Waals surface area contributed by atoms with Gasteiger partial charge in [0.05, 0.1) is 0 Å². The molecule has 1 unspecified atom stereocenters. The molecule has 0 radical (unpaired) electrons. The van der Waals surface area contributed by atoms with Crippen molar-refractivity contribution in [3.05, 3.63) is 68.3 Å². The van der Waals surface area contributed by atoms with E-state index in [1.807, 2.05) is 24.3 Å². The highest BCUT2D eigenvalue weighted by atomic mass is 127. The van der Waals surface area contributed by atoms with E-state index in [2.05, 4.69) is 27.9 Å². The quantitative estimate of drug-likeness (QED) is 0.768. The highest BCUT2D eigenvalue weighted by Crippen LogP contribution is 2.26. The Morgan fingerprint density at radius 1 is 1.10 bits per heavy atom. The summed E-state index contributed by atoms with van der Waals surface area (Å²) in [6.07, 6.45) is 0.546. The van der Waals surface area contributed by atoms with Crippen molar-refractivity contribution in [1.29, 1.82) is 0 Å². The molecule has 1 atom stereocenters. The molecule has 4 heteroatoms. The van der Waals surface area contributed by atoms with Crippen molar-refractivity contribution in [2.45, 2.75) is 19.4 Å². The van der Waals surface area contributed by atoms with E-state index in [-0.39, 0.29) is 11.6 Å². The average molecular weight is 387 g/mol. The van der Waals surface area contributed by atoms with Gasteiger partial charge in [-0.2, -0.15) is 0 Å². The maximum Gasteiger partial charge on any atom is 0.133 e. The van der Waals surface area contributed by atoms with Crippen LogP contribution in [0.25, 0.3) is 0 Å². The van der Waals surface area contributed by atoms with Crippen molar-refractivity contribution in [3.63, 3.8) is 0 Å². The fourth-order valence-electron chi connectivity index (χ4n) is 2.20. The number of aryl methyl sites for hydroxylation is 1. The van der Waals surface area contributed by atoms with E-state index < -0.39 is 11.6 Å². The van der Waals surface area contributed by atoms with Crippen molar-refractivity contribution in [2.75, 3.05) is 7.05 Å². The molecule has 1 N–H and O–H groups in total. The first-order chi connectivity index (χ1) is 9.52. The van der Waals surface area contributed by atoms with E-state index in [1.54, 1.807) is 14.0 Å². The third-order valence-electron chi connectivity index (χ3n) is 3.37. The largest absolute Gasteiger partial charge is 0.313 e. The monoisotopic (exact) mass is 387 g/mol. The topological polar surface area (TPSA) is 12.0 Å². The second-order valence-corrected chi connectivity index (χ2v) is 6.01. The minimum atomic E-state index is -0.502. The molecule has 20 heavy (non-hydrogen) atoms. The maximum atomic E-state index is 14.2. The summed E-state index contributed by atoms with van der Waals surface area (Å²) in [6, 6.07) is 10.4. The van der Waals surface area contributed by atoms with Crippen molar-refractivity contribution >= 4 is 22.6 Å². The van der Waals surface area contributed by atoms with E-state index in [4.69, 9.17) is 0 Å². The van der Waals surface area contributed by atoms with Gasteiger partial charge in [-0.3, -0.25) is 0 Å². The van der Waals surface area contributed by atoms with Crippen LogP contribution in [-0.4, -0.2) is 7.05 Å². The Morgan fingerprint density at radius 3 is 2.35 bits per heavy atom. The molecule has 2 rings (SSSR count). The van der Waals surface area contributed by atoms with Crippen LogP contribution in [0, 0.1) is 22.1 Å². The van der Waals surface area contributed by atoms with Crippen LogP contribution in [0.4, 0.5) is 8.78 Å². The van der Waals surface area contributed by atoms with Gasteiger partial charge in [-0.05, 0) is 72.3 Å². The fraction of sp³-hybridized carbons (Fsp3) is 0.250. The molecular formula is C16H16F2IN. The molecule has 0 aliphatic heterocycles. The van der Waals surface area contributed by atoms with Gasteiger partial charge in [0.2, 0.25) is 0 Å². The summed E-state index contributed by atoms with van der Waals surface area (Å²) in [6.45, 7) is 1.65. The summed E-state index contributed by atoms with van der Waals surface area (Å²) in [4.78, 5) is 0. The molecule has 1 nitrogen and oxygen atoms in total. The van der Waals surface area contributed by atoms with Crippen LogP contribution in [0.1, 0.15) is 22.7 Å². The molecule has 0 aromatic heterocycles. The Hall–Kier alpha value is -1.01. The number of hydrogen-bond donors (Lipinski definition) is 1. The summed E-state index contributed by atoms with van der Waals surface area (Å²) in [5.41, 5.74) is 1.63. The van der Waals surface area contributed by atoms with Crippen molar-refractivity contribution in [2.24, 2.45) is 0 Å². The molecule has 0 spiro atoms. The lowest BCUT2D eigenvalue weighted by Crippen LogP contribution is -2.22. The summed E-state index contributed by atoms with van der Waals surface area (Å²) in [5, 5.41) is 3.01. The molecule has 0 saturated carbocycles. The van der Waals surface area contributed by atoms with Gasteiger partial charge in [0.1, 0.15) is 11.6 Å². The van der Waals surface area contributed by atoms with E-state index in [1.165, 1.54) is 12.1 Å². The molecule has 0 aliphatic carbocycles. The second-order valence-electron chi connectivity index (χ2n) is 4.76. The molecule has 0 bridgehead atoms. The molecule has 2 aromatic rings. The first kappa shape index (κ1) is 15.4.